The highest BCUT2D eigenvalue weighted by Crippen LogP contribution is 2.34. The molecule has 0 atom stereocenters. The van der Waals surface area contributed by atoms with E-state index >= 15 is 0 Å². The van der Waals surface area contributed by atoms with E-state index in [4.69, 9.17) is 14.7 Å². The number of fused-ring (bicyclic) bond motifs is 1. The van der Waals surface area contributed by atoms with Crippen LogP contribution in [0, 0.1) is 0 Å². The third-order valence-electron chi connectivity index (χ3n) is 7.94. The average Bonchev–Trinajstić information content (AvgIpc) is 3.57. The first kappa shape index (κ1) is 30.1. The van der Waals surface area contributed by atoms with Crippen molar-refractivity contribution in [1.29, 1.82) is 0 Å². The van der Waals surface area contributed by atoms with Crippen LogP contribution >= 0.6 is 0 Å². The quantitative estimate of drug-likeness (QED) is 0.383. The van der Waals surface area contributed by atoms with Gasteiger partial charge in [-0.05, 0) is 65.7 Å². The summed E-state index contributed by atoms with van der Waals surface area (Å²) in [6.45, 7) is 10.0. The lowest BCUT2D eigenvalue weighted by molar-refractivity contribution is -0.120. The maximum atomic E-state index is 13.9. The number of carbonyl (C=O) groups is 3. The van der Waals surface area contributed by atoms with Gasteiger partial charge in [0.1, 0.15) is 35.0 Å². The summed E-state index contributed by atoms with van der Waals surface area (Å²) in [5.41, 5.74) is 1.88. The number of aromatic nitrogens is 5. The molecular weight excluding hydrogens is 548 g/mol. The Balaban J connectivity index is 1.46. The standard InChI is InChI=1S/C31H40N8O4/c1-19(2)37(7)27-15-22-23(25(34-27)17-36(6)30(42)43-31(3,4)5)16-38(29(22)41)26-10-8-9-24(33-26)28-35-32-18-39(28)20-11-13-21(40)14-12-20/h8-10,15,18-20H,11-14,16-17H2,1-7H3. The Labute approximate surface area is 252 Å². The second-order valence-electron chi connectivity index (χ2n) is 12.6. The van der Waals surface area contributed by atoms with Crippen LogP contribution < -0.4 is 9.80 Å². The SMILES string of the molecule is CC(C)N(C)c1cc2c(c(CN(C)C(=O)OC(C)(C)C)n1)CN(c1cccc(-c3nncn3C3CCC(=O)CC3)n1)C2=O. The van der Waals surface area contributed by atoms with Gasteiger partial charge in [0.2, 0.25) is 0 Å². The van der Waals surface area contributed by atoms with Crippen molar-refractivity contribution < 1.29 is 19.1 Å². The van der Waals surface area contributed by atoms with Crippen molar-refractivity contribution in [3.05, 3.63) is 47.4 Å². The first-order valence-electron chi connectivity index (χ1n) is 14.7. The highest BCUT2D eigenvalue weighted by Gasteiger charge is 2.34. The molecule has 2 amide bonds. The highest BCUT2D eigenvalue weighted by atomic mass is 16.6. The maximum absolute atomic E-state index is 13.9. The zero-order valence-corrected chi connectivity index (χ0v) is 26.0. The molecule has 0 aromatic carbocycles. The Morgan fingerprint density at radius 1 is 1.12 bits per heavy atom. The Hall–Kier alpha value is -4.35. The molecule has 1 saturated carbocycles. The van der Waals surface area contributed by atoms with E-state index in [1.54, 1.807) is 24.3 Å². The molecule has 4 heterocycles. The summed E-state index contributed by atoms with van der Waals surface area (Å²) in [5, 5.41) is 8.48. The molecule has 43 heavy (non-hydrogen) atoms. The van der Waals surface area contributed by atoms with Crippen LogP contribution in [0.1, 0.15) is 88.0 Å². The van der Waals surface area contributed by atoms with E-state index in [9.17, 15) is 14.4 Å². The molecule has 3 aromatic rings. The van der Waals surface area contributed by atoms with E-state index in [1.165, 1.54) is 4.90 Å². The monoisotopic (exact) mass is 588 g/mol. The molecule has 12 heteroatoms. The lowest BCUT2D eigenvalue weighted by Crippen LogP contribution is -2.34. The molecule has 1 fully saturated rings. The number of pyridine rings is 2. The van der Waals surface area contributed by atoms with Crippen LogP contribution in [-0.2, 0) is 22.6 Å². The van der Waals surface area contributed by atoms with Crippen molar-refractivity contribution in [1.82, 2.24) is 29.6 Å². The van der Waals surface area contributed by atoms with Gasteiger partial charge in [0.05, 0.1) is 24.3 Å². The second-order valence-corrected chi connectivity index (χ2v) is 12.6. The predicted molar refractivity (Wildman–Crippen MR) is 162 cm³/mol. The van der Waals surface area contributed by atoms with Gasteiger partial charge in [0.25, 0.3) is 5.91 Å². The topological polar surface area (TPSA) is 127 Å². The van der Waals surface area contributed by atoms with Crippen molar-refractivity contribution >= 4 is 29.4 Å². The van der Waals surface area contributed by atoms with Crippen molar-refractivity contribution in [2.75, 3.05) is 23.9 Å². The van der Waals surface area contributed by atoms with Crippen LogP contribution in [-0.4, -0.2) is 73.2 Å². The molecule has 0 saturated heterocycles. The molecule has 0 radical (unpaired) electrons. The molecule has 2 aliphatic rings. The van der Waals surface area contributed by atoms with Gasteiger partial charge in [-0.1, -0.05) is 6.07 Å². The number of rotatable bonds is 7. The molecule has 5 rings (SSSR count). The van der Waals surface area contributed by atoms with Gasteiger partial charge in [-0.2, -0.15) is 0 Å². The van der Waals surface area contributed by atoms with E-state index in [2.05, 4.69) is 24.0 Å². The van der Waals surface area contributed by atoms with Gasteiger partial charge in [-0.25, -0.2) is 14.8 Å². The number of hydrogen-bond acceptors (Lipinski definition) is 9. The zero-order valence-electron chi connectivity index (χ0n) is 26.0. The van der Waals surface area contributed by atoms with E-state index in [0.717, 1.165) is 18.4 Å². The van der Waals surface area contributed by atoms with Crippen LogP contribution in [0.3, 0.4) is 0 Å². The van der Waals surface area contributed by atoms with E-state index in [1.807, 2.05) is 55.5 Å². The smallest absolute Gasteiger partial charge is 0.410 e. The predicted octanol–water partition coefficient (Wildman–Crippen LogP) is 4.79. The molecular formula is C31H40N8O4. The molecule has 1 aliphatic heterocycles. The Morgan fingerprint density at radius 2 is 1.84 bits per heavy atom. The van der Waals surface area contributed by atoms with E-state index in [-0.39, 0.29) is 36.9 Å². The van der Waals surface area contributed by atoms with Crippen molar-refractivity contribution in [3.63, 3.8) is 0 Å². The number of Topliss-reactive ketones (excluding diaryl/α,β-unsaturated/α-hetero) is 1. The summed E-state index contributed by atoms with van der Waals surface area (Å²) < 4.78 is 7.55. The number of nitrogens with zero attached hydrogens (tertiary/aromatic N) is 8. The van der Waals surface area contributed by atoms with Crippen molar-refractivity contribution in [3.8, 4) is 11.5 Å². The fourth-order valence-electron chi connectivity index (χ4n) is 5.34. The summed E-state index contributed by atoms with van der Waals surface area (Å²) in [4.78, 5) is 53.4. The normalized spacial score (nSPS) is 15.7. The van der Waals surface area contributed by atoms with Gasteiger partial charge in [-0.3, -0.25) is 14.5 Å². The summed E-state index contributed by atoms with van der Waals surface area (Å²) in [6, 6.07) is 7.59. The summed E-state index contributed by atoms with van der Waals surface area (Å²) >= 11 is 0. The second kappa shape index (κ2) is 11.7. The van der Waals surface area contributed by atoms with Crippen molar-refractivity contribution in [2.45, 2.75) is 91.1 Å². The summed E-state index contributed by atoms with van der Waals surface area (Å²) in [6.07, 6.45) is 3.79. The highest BCUT2D eigenvalue weighted by molar-refractivity contribution is 6.10. The third-order valence-corrected chi connectivity index (χ3v) is 7.94. The third kappa shape index (κ3) is 6.37. The van der Waals surface area contributed by atoms with Crippen LogP contribution in [0.15, 0.2) is 30.6 Å². The van der Waals surface area contributed by atoms with Crippen LogP contribution in [0.5, 0.6) is 0 Å². The molecule has 228 valence electrons. The Kier molecular flexibility index (Phi) is 8.22. The summed E-state index contributed by atoms with van der Waals surface area (Å²) in [5.74, 6) is 1.84. The average molecular weight is 589 g/mol. The largest absolute Gasteiger partial charge is 0.444 e. The number of ketones is 1. The van der Waals surface area contributed by atoms with Crippen molar-refractivity contribution in [2.24, 2.45) is 0 Å². The fourth-order valence-corrected chi connectivity index (χ4v) is 5.34. The molecule has 1 aliphatic carbocycles. The minimum Gasteiger partial charge on any atom is -0.444 e. The van der Waals surface area contributed by atoms with Crippen LogP contribution in [0.2, 0.25) is 0 Å². The van der Waals surface area contributed by atoms with Gasteiger partial charge in [0, 0.05) is 44.6 Å². The number of carbonyl (C=O) groups excluding carboxylic acids is 3. The first-order valence-corrected chi connectivity index (χ1v) is 14.7. The van der Waals surface area contributed by atoms with Gasteiger partial charge in [-0.15, -0.1) is 10.2 Å². The maximum Gasteiger partial charge on any atom is 0.410 e. The van der Waals surface area contributed by atoms with Gasteiger partial charge < -0.3 is 19.1 Å². The zero-order chi connectivity index (χ0) is 31.1. The number of hydrogen-bond donors (Lipinski definition) is 0. The van der Waals surface area contributed by atoms with Gasteiger partial charge in [0.15, 0.2) is 5.82 Å². The fraction of sp³-hybridized carbons (Fsp3) is 0.516. The molecule has 12 nitrogen and oxygen atoms in total. The Bertz CT molecular complexity index is 1530. The molecule has 0 bridgehead atoms. The van der Waals surface area contributed by atoms with E-state index < -0.39 is 11.7 Å². The molecule has 0 N–H and O–H groups in total. The molecule has 0 spiro atoms. The number of amides is 2. The first-order chi connectivity index (χ1) is 20.3. The Morgan fingerprint density at radius 3 is 2.51 bits per heavy atom. The molecule has 0 unspecified atom stereocenters. The molecule has 3 aromatic heterocycles. The van der Waals surface area contributed by atoms with Crippen LogP contribution in [0.4, 0.5) is 16.4 Å². The lowest BCUT2D eigenvalue weighted by atomic mass is 9.94. The van der Waals surface area contributed by atoms with Crippen LogP contribution in [0.25, 0.3) is 11.5 Å². The lowest BCUT2D eigenvalue weighted by Gasteiger charge is -2.26. The minimum atomic E-state index is -0.636. The van der Waals surface area contributed by atoms with E-state index in [0.29, 0.717) is 47.3 Å². The summed E-state index contributed by atoms with van der Waals surface area (Å²) in [7, 11) is 3.60. The minimum absolute atomic E-state index is 0.123. The number of ether oxygens (including phenoxy) is 1. The van der Waals surface area contributed by atoms with Gasteiger partial charge >= 0.3 is 6.09 Å². The number of anilines is 2.